The van der Waals surface area contributed by atoms with Crippen LogP contribution >= 0.6 is 0 Å². The predicted octanol–water partition coefficient (Wildman–Crippen LogP) is 3.97. The number of amides is 1. The molecule has 1 aliphatic carbocycles. The minimum absolute atomic E-state index is 0.0291. The highest BCUT2D eigenvalue weighted by molar-refractivity contribution is 7.85. The maximum atomic E-state index is 12.5. The number of nitrogens with two attached hydrogens (primary N) is 1. The Bertz CT molecular complexity index is 616. The monoisotopic (exact) mass is 364 g/mol. The highest BCUT2D eigenvalue weighted by atomic mass is 32.2. The van der Waals surface area contributed by atoms with Gasteiger partial charge in [-0.3, -0.25) is 9.00 Å². The molecule has 5 heteroatoms. The van der Waals surface area contributed by atoms with Crippen LogP contribution in [0.1, 0.15) is 64.9 Å². The molecule has 1 aromatic carbocycles. The number of anilines is 1. The van der Waals surface area contributed by atoms with Gasteiger partial charge in [-0.15, -0.1) is 0 Å². The fraction of sp³-hybridized carbons (Fsp3) is 0.650. The summed E-state index contributed by atoms with van der Waals surface area (Å²) in [6.07, 6.45) is 6.15. The van der Waals surface area contributed by atoms with Gasteiger partial charge in [-0.05, 0) is 63.3 Å². The lowest BCUT2D eigenvalue weighted by molar-refractivity contribution is -0.118. The van der Waals surface area contributed by atoms with E-state index in [4.69, 9.17) is 5.73 Å². The first-order valence-electron chi connectivity index (χ1n) is 9.21. The number of carbonyl (C=O) groups excluding carboxylic acids is 1. The fourth-order valence-electron chi connectivity index (χ4n) is 3.41. The first-order valence-corrected chi connectivity index (χ1v) is 10.5. The maximum absolute atomic E-state index is 12.5. The van der Waals surface area contributed by atoms with Crippen LogP contribution in [-0.4, -0.2) is 21.4 Å². The molecule has 1 unspecified atom stereocenters. The molecule has 4 nitrogen and oxygen atoms in total. The minimum Gasteiger partial charge on any atom is -0.330 e. The molecule has 2 rings (SSSR count). The van der Waals surface area contributed by atoms with E-state index in [-0.39, 0.29) is 16.1 Å². The molecule has 1 amide bonds. The van der Waals surface area contributed by atoms with Gasteiger partial charge in [0.2, 0.25) is 5.91 Å². The van der Waals surface area contributed by atoms with E-state index >= 15 is 0 Å². The second-order valence-electron chi connectivity index (χ2n) is 8.29. The number of carbonyl (C=O) groups is 1. The number of hydrogen-bond donors (Lipinski definition) is 2. The SMILES string of the molecule is CC(C)(C)S(=O)Cc1cccc(NC(=O)CC2(CN)CCCCC2)c1. The molecule has 0 bridgehead atoms. The molecular formula is C20H32N2O2S. The summed E-state index contributed by atoms with van der Waals surface area (Å²) in [5.41, 5.74) is 7.71. The smallest absolute Gasteiger partial charge is 0.224 e. The zero-order valence-corrected chi connectivity index (χ0v) is 16.6. The molecule has 0 heterocycles. The minimum atomic E-state index is -0.952. The zero-order valence-electron chi connectivity index (χ0n) is 15.8. The lowest BCUT2D eigenvalue weighted by atomic mass is 9.71. The summed E-state index contributed by atoms with van der Waals surface area (Å²) in [6, 6.07) is 7.68. The molecule has 1 fully saturated rings. The van der Waals surface area contributed by atoms with Crippen LogP contribution in [-0.2, 0) is 21.3 Å². The van der Waals surface area contributed by atoms with Crippen molar-refractivity contribution in [2.75, 3.05) is 11.9 Å². The Hall–Kier alpha value is -1.20. The fourth-order valence-corrected chi connectivity index (χ4v) is 4.32. The van der Waals surface area contributed by atoms with Gasteiger partial charge in [0.05, 0.1) is 0 Å². The van der Waals surface area contributed by atoms with Crippen molar-refractivity contribution in [1.29, 1.82) is 0 Å². The van der Waals surface area contributed by atoms with Crippen molar-refractivity contribution >= 4 is 22.4 Å². The third-order valence-electron chi connectivity index (χ3n) is 5.07. The van der Waals surface area contributed by atoms with Gasteiger partial charge in [-0.1, -0.05) is 31.4 Å². The Morgan fingerprint density at radius 3 is 2.52 bits per heavy atom. The lowest BCUT2D eigenvalue weighted by Crippen LogP contribution is -2.36. The maximum Gasteiger partial charge on any atom is 0.224 e. The van der Waals surface area contributed by atoms with Gasteiger partial charge in [0, 0.05) is 33.4 Å². The van der Waals surface area contributed by atoms with Crippen molar-refractivity contribution in [3.05, 3.63) is 29.8 Å². The Morgan fingerprint density at radius 2 is 1.92 bits per heavy atom. The van der Waals surface area contributed by atoms with Crippen molar-refractivity contribution in [2.45, 2.75) is 69.8 Å². The zero-order chi connectivity index (χ0) is 18.5. The van der Waals surface area contributed by atoms with Crippen LogP contribution in [0.25, 0.3) is 0 Å². The highest BCUT2D eigenvalue weighted by Crippen LogP contribution is 2.38. The van der Waals surface area contributed by atoms with E-state index in [0.717, 1.165) is 24.1 Å². The van der Waals surface area contributed by atoms with E-state index in [0.29, 0.717) is 18.7 Å². The molecule has 1 saturated carbocycles. The van der Waals surface area contributed by atoms with Crippen molar-refractivity contribution in [2.24, 2.45) is 11.1 Å². The Balaban J connectivity index is 1.99. The number of nitrogens with one attached hydrogen (secondary N) is 1. The van der Waals surface area contributed by atoms with Crippen LogP contribution in [0, 0.1) is 5.41 Å². The molecule has 1 aliphatic rings. The topological polar surface area (TPSA) is 72.2 Å². The van der Waals surface area contributed by atoms with Gasteiger partial charge in [0.1, 0.15) is 0 Å². The number of rotatable bonds is 6. The Labute approximate surface area is 154 Å². The standard InChI is InChI=1S/C20H32N2O2S/c1-19(2,3)25(24)14-16-8-7-9-17(12-16)22-18(23)13-20(15-21)10-5-4-6-11-20/h7-9,12H,4-6,10-11,13-15,21H2,1-3H3,(H,22,23). The Kier molecular flexibility index (Phi) is 6.80. The van der Waals surface area contributed by atoms with Gasteiger partial charge in [0.15, 0.2) is 0 Å². The van der Waals surface area contributed by atoms with Gasteiger partial charge < -0.3 is 11.1 Å². The summed E-state index contributed by atoms with van der Waals surface area (Å²) >= 11 is 0. The van der Waals surface area contributed by atoms with Gasteiger partial charge in [-0.25, -0.2) is 0 Å². The van der Waals surface area contributed by atoms with E-state index in [2.05, 4.69) is 5.32 Å². The molecule has 140 valence electrons. The third-order valence-corrected chi connectivity index (χ3v) is 7.04. The van der Waals surface area contributed by atoms with Gasteiger partial charge in [0.25, 0.3) is 0 Å². The molecule has 1 atom stereocenters. The normalized spacial score (nSPS) is 18.6. The molecule has 0 radical (unpaired) electrons. The third kappa shape index (κ3) is 5.93. The quantitative estimate of drug-likeness (QED) is 0.802. The van der Waals surface area contributed by atoms with Crippen molar-refractivity contribution in [3.63, 3.8) is 0 Å². The molecule has 0 aromatic heterocycles. The summed E-state index contributed by atoms with van der Waals surface area (Å²) in [7, 11) is -0.952. The summed E-state index contributed by atoms with van der Waals surface area (Å²) in [4.78, 5) is 12.5. The Morgan fingerprint density at radius 1 is 1.24 bits per heavy atom. The van der Waals surface area contributed by atoms with Crippen LogP contribution in [0.4, 0.5) is 5.69 Å². The number of hydrogen-bond acceptors (Lipinski definition) is 3. The summed E-state index contributed by atoms with van der Waals surface area (Å²) in [5.74, 6) is 0.529. The molecule has 3 N–H and O–H groups in total. The molecule has 1 aromatic rings. The predicted molar refractivity (Wildman–Crippen MR) is 106 cm³/mol. The van der Waals surface area contributed by atoms with Crippen molar-refractivity contribution < 1.29 is 9.00 Å². The number of benzene rings is 1. The first kappa shape index (κ1) is 20.1. The lowest BCUT2D eigenvalue weighted by Gasteiger charge is -2.35. The second-order valence-corrected chi connectivity index (χ2v) is 10.5. The van der Waals surface area contributed by atoms with E-state index in [9.17, 15) is 9.00 Å². The summed E-state index contributed by atoms with van der Waals surface area (Å²) < 4.78 is 12.1. The largest absolute Gasteiger partial charge is 0.330 e. The van der Waals surface area contributed by atoms with Crippen LogP contribution < -0.4 is 11.1 Å². The summed E-state index contributed by atoms with van der Waals surface area (Å²) in [5, 5.41) is 3.01. The van der Waals surface area contributed by atoms with Crippen molar-refractivity contribution in [1.82, 2.24) is 0 Å². The van der Waals surface area contributed by atoms with Crippen LogP contribution in [0.15, 0.2) is 24.3 Å². The average molecular weight is 365 g/mol. The van der Waals surface area contributed by atoms with E-state index in [1.807, 2.05) is 45.0 Å². The highest BCUT2D eigenvalue weighted by Gasteiger charge is 2.33. The molecular weight excluding hydrogens is 332 g/mol. The molecule has 25 heavy (non-hydrogen) atoms. The van der Waals surface area contributed by atoms with Crippen LogP contribution in [0.2, 0.25) is 0 Å². The first-order chi connectivity index (χ1) is 11.7. The van der Waals surface area contributed by atoms with Crippen molar-refractivity contribution in [3.8, 4) is 0 Å². The molecule has 0 aliphatic heterocycles. The average Bonchev–Trinajstić information content (AvgIpc) is 2.55. The van der Waals surface area contributed by atoms with E-state index < -0.39 is 10.8 Å². The summed E-state index contributed by atoms with van der Waals surface area (Å²) in [6.45, 7) is 6.51. The van der Waals surface area contributed by atoms with Gasteiger partial charge >= 0.3 is 0 Å². The molecule has 0 spiro atoms. The van der Waals surface area contributed by atoms with E-state index in [1.54, 1.807) is 0 Å². The van der Waals surface area contributed by atoms with E-state index in [1.165, 1.54) is 19.3 Å². The van der Waals surface area contributed by atoms with Crippen LogP contribution in [0.5, 0.6) is 0 Å². The van der Waals surface area contributed by atoms with Gasteiger partial charge in [-0.2, -0.15) is 0 Å². The van der Waals surface area contributed by atoms with Crippen LogP contribution in [0.3, 0.4) is 0 Å². The molecule has 0 saturated heterocycles. The second kappa shape index (κ2) is 8.45.